The molecule has 0 atom stereocenters. The first kappa shape index (κ1) is 17.5. The lowest BCUT2D eigenvalue weighted by Crippen LogP contribution is -2.18. The number of hydrogen-bond acceptors (Lipinski definition) is 3. The molecule has 5 heteroatoms. The van der Waals surface area contributed by atoms with Crippen LogP contribution >= 0.6 is 27.5 Å². The summed E-state index contributed by atoms with van der Waals surface area (Å²) < 4.78 is 11.8. The molecule has 0 aliphatic heterocycles. The Morgan fingerprint density at radius 1 is 0.920 bits per heavy atom. The first-order valence-corrected chi connectivity index (χ1v) is 8.73. The van der Waals surface area contributed by atoms with Gasteiger partial charge >= 0.3 is 5.97 Å². The number of benzene rings is 3. The quantitative estimate of drug-likeness (QED) is 0.391. The van der Waals surface area contributed by atoms with Crippen molar-refractivity contribution >= 4 is 33.5 Å². The second kappa shape index (κ2) is 8.19. The smallest absolute Gasteiger partial charge is 0.349 e. The van der Waals surface area contributed by atoms with Gasteiger partial charge in [0.1, 0.15) is 11.5 Å². The van der Waals surface area contributed by atoms with Gasteiger partial charge in [-0.05, 0) is 29.8 Å². The standard InChI is InChI=1S/C20H14BrClO3/c21-15-10-11-19(17(22)12-15)24-13-20(23)25-18-9-5-4-8-16(18)14-6-2-1-3-7-14/h1-12H,13H2. The molecule has 0 bridgehead atoms. The molecule has 0 amide bonds. The first-order valence-electron chi connectivity index (χ1n) is 7.56. The van der Waals surface area contributed by atoms with Crippen molar-refractivity contribution in [1.82, 2.24) is 0 Å². The van der Waals surface area contributed by atoms with E-state index in [1.54, 1.807) is 24.3 Å². The maximum Gasteiger partial charge on any atom is 0.349 e. The molecule has 3 aromatic carbocycles. The van der Waals surface area contributed by atoms with Gasteiger partial charge in [0, 0.05) is 10.0 Å². The highest BCUT2D eigenvalue weighted by Gasteiger charge is 2.12. The van der Waals surface area contributed by atoms with Crippen LogP contribution in [0.3, 0.4) is 0 Å². The Kier molecular flexibility index (Phi) is 5.74. The fraction of sp³-hybridized carbons (Fsp3) is 0.0500. The molecule has 3 aromatic rings. The number of esters is 1. The van der Waals surface area contributed by atoms with Crippen molar-refractivity contribution in [2.75, 3.05) is 6.61 Å². The number of rotatable bonds is 5. The molecule has 0 radical (unpaired) electrons. The van der Waals surface area contributed by atoms with E-state index in [0.29, 0.717) is 16.5 Å². The van der Waals surface area contributed by atoms with Crippen molar-refractivity contribution in [3.8, 4) is 22.6 Å². The molecule has 3 rings (SSSR count). The highest BCUT2D eigenvalue weighted by Crippen LogP contribution is 2.30. The van der Waals surface area contributed by atoms with Crippen LogP contribution in [0.5, 0.6) is 11.5 Å². The Balaban J connectivity index is 1.69. The van der Waals surface area contributed by atoms with Gasteiger partial charge in [-0.15, -0.1) is 0 Å². The zero-order valence-electron chi connectivity index (χ0n) is 13.1. The summed E-state index contributed by atoms with van der Waals surface area (Å²) in [7, 11) is 0. The number of hydrogen-bond donors (Lipinski definition) is 0. The van der Waals surface area contributed by atoms with Gasteiger partial charge in [0.25, 0.3) is 0 Å². The number of halogens is 2. The van der Waals surface area contributed by atoms with Gasteiger partial charge in [0.2, 0.25) is 0 Å². The summed E-state index contributed by atoms with van der Waals surface area (Å²) >= 11 is 9.39. The van der Waals surface area contributed by atoms with Crippen LogP contribution in [0.1, 0.15) is 0 Å². The maximum absolute atomic E-state index is 12.1. The van der Waals surface area contributed by atoms with Gasteiger partial charge in [-0.2, -0.15) is 0 Å². The van der Waals surface area contributed by atoms with Crippen LogP contribution in [-0.2, 0) is 4.79 Å². The molecule has 0 heterocycles. The van der Waals surface area contributed by atoms with Gasteiger partial charge in [-0.1, -0.05) is 76.1 Å². The predicted molar refractivity (Wildman–Crippen MR) is 102 cm³/mol. The van der Waals surface area contributed by atoms with E-state index < -0.39 is 5.97 Å². The lowest BCUT2D eigenvalue weighted by atomic mass is 10.1. The van der Waals surface area contributed by atoms with Crippen LogP contribution in [0.25, 0.3) is 11.1 Å². The minimum absolute atomic E-state index is 0.232. The minimum Gasteiger partial charge on any atom is -0.480 e. The zero-order chi connectivity index (χ0) is 17.6. The third-order valence-corrected chi connectivity index (χ3v) is 4.22. The maximum atomic E-state index is 12.1. The third kappa shape index (κ3) is 4.62. The van der Waals surface area contributed by atoms with Crippen LogP contribution in [-0.4, -0.2) is 12.6 Å². The van der Waals surface area contributed by atoms with Gasteiger partial charge in [0.15, 0.2) is 6.61 Å². The van der Waals surface area contributed by atoms with Crippen molar-refractivity contribution in [1.29, 1.82) is 0 Å². The van der Waals surface area contributed by atoms with Gasteiger partial charge in [0.05, 0.1) is 5.02 Å². The summed E-state index contributed by atoms with van der Waals surface area (Å²) in [5, 5.41) is 0.423. The van der Waals surface area contributed by atoms with Crippen LogP contribution in [0.2, 0.25) is 5.02 Å². The Morgan fingerprint density at radius 2 is 1.64 bits per heavy atom. The number of para-hydroxylation sites is 1. The Bertz CT molecular complexity index is 881. The van der Waals surface area contributed by atoms with Crippen molar-refractivity contribution in [2.24, 2.45) is 0 Å². The molecular weight excluding hydrogens is 404 g/mol. The Hall–Kier alpha value is -2.30. The summed E-state index contributed by atoms with van der Waals surface area (Å²) in [6.07, 6.45) is 0. The number of carbonyl (C=O) groups excluding carboxylic acids is 1. The molecule has 25 heavy (non-hydrogen) atoms. The molecule has 0 aromatic heterocycles. The van der Waals surface area contributed by atoms with E-state index in [9.17, 15) is 4.79 Å². The number of ether oxygens (including phenoxy) is 2. The monoisotopic (exact) mass is 416 g/mol. The molecule has 3 nitrogen and oxygen atoms in total. The highest BCUT2D eigenvalue weighted by molar-refractivity contribution is 9.10. The molecule has 0 aliphatic rings. The van der Waals surface area contributed by atoms with E-state index in [1.165, 1.54) is 0 Å². The van der Waals surface area contributed by atoms with Crippen molar-refractivity contribution < 1.29 is 14.3 Å². The summed E-state index contributed by atoms with van der Waals surface area (Å²) in [6, 6.07) is 22.3. The molecule has 0 saturated carbocycles. The summed E-state index contributed by atoms with van der Waals surface area (Å²) in [6.45, 7) is -0.232. The van der Waals surface area contributed by atoms with E-state index in [4.69, 9.17) is 21.1 Å². The average Bonchev–Trinajstić information content (AvgIpc) is 2.62. The van der Waals surface area contributed by atoms with Crippen LogP contribution < -0.4 is 9.47 Å². The number of carbonyl (C=O) groups is 1. The van der Waals surface area contributed by atoms with Crippen molar-refractivity contribution in [3.05, 3.63) is 82.3 Å². The highest BCUT2D eigenvalue weighted by atomic mass is 79.9. The predicted octanol–water partition coefficient (Wildman–Crippen LogP) is 5.75. The lowest BCUT2D eigenvalue weighted by molar-refractivity contribution is -0.136. The Labute approximate surface area is 159 Å². The van der Waals surface area contributed by atoms with E-state index in [1.807, 2.05) is 48.5 Å². The molecule has 0 saturated heterocycles. The van der Waals surface area contributed by atoms with E-state index in [0.717, 1.165) is 15.6 Å². The van der Waals surface area contributed by atoms with Crippen LogP contribution in [0.15, 0.2) is 77.3 Å². The first-order chi connectivity index (χ1) is 12.1. The SMILES string of the molecule is O=C(COc1ccc(Br)cc1Cl)Oc1ccccc1-c1ccccc1. The largest absolute Gasteiger partial charge is 0.480 e. The van der Waals surface area contributed by atoms with Gasteiger partial charge in [-0.3, -0.25) is 0 Å². The molecule has 0 aliphatic carbocycles. The second-order valence-electron chi connectivity index (χ2n) is 5.20. The van der Waals surface area contributed by atoms with Crippen molar-refractivity contribution in [2.45, 2.75) is 0 Å². The van der Waals surface area contributed by atoms with E-state index in [-0.39, 0.29) is 6.61 Å². The summed E-state index contributed by atoms with van der Waals surface area (Å²) in [4.78, 5) is 12.1. The average molecular weight is 418 g/mol. The molecule has 0 spiro atoms. The molecule has 0 unspecified atom stereocenters. The summed E-state index contributed by atoms with van der Waals surface area (Å²) in [5.74, 6) is 0.421. The fourth-order valence-electron chi connectivity index (χ4n) is 2.29. The second-order valence-corrected chi connectivity index (χ2v) is 6.52. The third-order valence-electron chi connectivity index (χ3n) is 3.44. The lowest BCUT2D eigenvalue weighted by Gasteiger charge is -2.11. The van der Waals surface area contributed by atoms with Crippen LogP contribution in [0.4, 0.5) is 0 Å². The molecule has 0 fully saturated rings. The van der Waals surface area contributed by atoms with Crippen LogP contribution in [0, 0.1) is 0 Å². The molecular formula is C20H14BrClO3. The minimum atomic E-state index is -0.498. The fourth-order valence-corrected chi connectivity index (χ4v) is 3.02. The van der Waals surface area contributed by atoms with Gasteiger partial charge in [-0.25, -0.2) is 4.79 Å². The van der Waals surface area contributed by atoms with E-state index >= 15 is 0 Å². The zero-order valence-corrected chi connectivity index (χ0v) is 15.5. The topological polar surface area (TPSA) is 35.5 Å². The molecule has 0 N–H and O–H groups in total. The van der Waals surface area contributed by atoms with Gasteiger partial charge < -0.3 is 9.47 Å². The molecule has 126 valence electrons. The van der Waals surface area contributed by atoms with E-state index in [2.05, 4.69) is 15.9 Å². The normalized spacial score (nSPS) is 10.3. The summed E-state index contributed by atoms with van der Waals surface area (Å²) in [5.41, 5.74) is 1.82. The Morgan fingerprint density at radius 3 is 2.40 bits per heavy atom. The van der Waals surface area contributed by atoms with Crippen molar-refractivity contribution in [3.63, 3.8) is 0 Å².